The number of aromatic nitrogens is 8. The Morgan fingerprint density at radius 1 is 1.11 bits per heavy atom. The van der Waals surface area contributed by atoms with E-state index in [0.29, 0.717) is 59.8 Å². The van der Waals surface area contributed by atoms with Crippen LogP contribution in [0, 0.1) is 20.8 Å². The van der Waals surface area contributed by atoms with Crippen molar-refractivity contribution in [1.82, 2.24) is 44.4 Å². The number of hydrogen-bond acceptors (Lipinski definition) is 10. The van der Waals surface area contributed by atoms with Gasteiger partial charge in [0.1, 0.15) is 23.7 Å². The van der Waals surface area contributed by atoms with Crippen molar-refractivity contribution in [1.29, 1.82) is 0 Å². The predicted molar refractivity (Wildman–Crippen MR) is 134 cm³/mol. The number of hydrogen-bond donors (Lipinski definition) is 1. The van der Waals surface area contributed by atoms with Crippen LogP contribution in [-0.4, -0.2) is 76.3 Å². The van der Waals surface area contributed by atoms with Crippen molar-refractivity contribution in [2.24, 2.45) is 0 Å². The molecule has 6 rings (SSSR count). The number of nitrogens with zero attached hydrogens (tertiary/aromatic N) is 9. The van der Waals surface area contributed by atoms with Gasteiger partial charge in [-0.15, -0.1) is 0 Å². The van der Waals surface area contributed by atoms with Gasteiger partial charge in [-0.25, -0.2) is 29.3 Å². The minimum absolute atomic E-state index is 0.256. The van der Waals surface area contributed by atoms with Crippen LogP contribution in [0.3, 0.4) is 0 Å². The zero-order valence-corrected chi connectivity index (χ0v) is 21.5. The fourth-order valence-corrected chi connectivity index (χ4v) is 5.15. The average molecular weight is 515 g/mol. The van der Waals surface area contributed by atoms with Crippen molar-refractivity contribution >= 4 is 17.4 Å². The Bertz CT molecular complexity index is 1570. The number of ketones is 1. The molecule has 0 saturated heterocycles. The summed E-state index contributed by atoms with van der Waals surface area (Å²) in [7, 11) is 1.52. The zero-order chi connectivity index (χ0) is 26.6. The minimum atomic E-state index is -0.713. The maximum Gasteiger partial charge on any atom is 0.290 e. The van der Waals surface area contributed by atoms with E-state index in [0.717, 1.165) is 17.0 Å². The van der Waals surface area contributed by atoms with Gasteiger partial charge in [-0.1, -0.05) is 0 Å². The van der Waals surface area contributed by atoms with Crippen molar-refractivity contribution in [3.05, 3.63) is 59.0 Å². The third-order valence-electron chi connectivity index (χ3n) is 6.86. The van der Waals surface area contributed by atoms with Gasteiger partial charge >= 0.3 is 0 Å². The fourth-order valence-electron chi connectivity index (χ4n) is 5.15. The molecule has 0 aliphatic carbocycles. The van der Waals surface area contributed by atoms with Crippen LogP contribution < -0.4 is 10.1 Å². The molecule has 0 fully saturated rings. The number of carbonyl (C=O) groups excluding carboxylic acids is 2. The molecule has 38 heavy (non-hydrogen) atoms. The normalized spacial score (nSPS) is 16.1. The molecule has 1 amide bonds. The molecule has 0 saturated carbocycles. The first-order valence-corrected chi connectivity index (χ1v) is 12.2. The van der Waals surface area contributed by atoms with E-state index >= 15 is 0 Å². The largest absolute Gasteiger partial charge is 0.495 e. The van der Waals surface area contributed by atoms with E-state index in [9.17, 15) is 9.59 Å². The van der Waals surface area contributed by atoms with Crippen LogP contribution in [0.25, 0.3) is 11.6 Å². The van der Waals surface area contributed by atoms with Crippen LogP contribution in [0.5, 0.6) is 5.75 Å². The van der Waals surface area contributed by atoms with Gasteiger partial charge in [-0.2, -0.15) is 10.2 Å². The Morgan fingerprint density at radius 2 is 1.95 bits per heavy atom. The van der Waals surface area contributed by atoms with E-state index in [-0.39, 0.29) is 6.54 Å². The number of amides is 1. The van der Waals surface area contributed by atoms with Crippen molar-refractivity contribution < 1.29 is 14.3 Å². The van der Waals surface area contributed by atoms with Crippen molar-refractivity contribution in [3.63, 3.8) is 0 Å². The SMILES string of the molecule is COc1cnc(-n2cnc(C)n2)c2c1C(C(=O)C(=O)N1CCc3c(cnn3-c3cc(C)nc(C)n3)C1)CN2. The van der Waals surface area contributed by atoms with E-state index in [4.69, 9.17) is 4.74 Å². The summed E-state index contributed by atoms with van der Waals surface area (Å²) in [6.45, 7) is 6.49. The standard InChI is InChI=1S/C25H26N10O3/c1-13-7-20(31-15(3)30-13)35-18-5-6-33(11-16(18)8-29-35)25(37)23(36)17-9-26-22-21(17)19(38-4)10-27-24(22)34-12-28-14(2)32-34/h7-8,10,12,17,26H,5-6,9,11H2,1-4H3. The Balaban J connectivity index is 1.26. The minimum Gasteiger partial charge on any atom is -0.495 e. The van der Waals surface area contributed by atoms with Crippen molar-refractivity contribution in [2.75, 3.05) is 25.5 Å². The number of Topliss-reactive ketones (excluding diaryl/α,β-unsaturated/α-hetero) is 1. The summed E-state index contributed by atoms with van der Waals surface area (Å²) < 4.78 is 8.86. The number of anilines is 1. The van der Waals surface area contributed by atoms with E-state index in [2.05, 4.69) is 35.5 Å². The highest BCUT2D eigenvalue weighted by molar-refractivity contribution is 6.38. The first kappa shape index (κ1) is 23.7. The van der Waals surface area contributed by atoms with E-state index < -0.39 is 17.6 Å². The number of rotatable bonds is 5. The number of ether oxygens (including phenoxy) is 1. The smallest absolute Gasteiger partial charge is 0.290 e. The van der Waals surface area contributed by atoms with Gasteiger partial charge < -0.3 is 15.0 Å². The fraction of sp³-hybridized carbons (Fsp3) is 0.360. The Kier molecular flexibility index (Phi) is 5.62. The molecule has 1 unspecified atom stereocenters. The summed E-state index contributed by atoms with van der Waals surface area (Å²) in [5, 5.41) is 12.1. The third-order valence-corrected chi connectivity index (χ3v) is 6.86. The molecule has 2 aliphatic heterocycles. The zero-order valence-electron chi connectivity index (χ0n) is 21.5. The second-order valence-electron chi connectivity index (χ2n) is 9.39. The van der Waals surface area contributed by atoms with Gasteiger partial charge in [0, 0.05) is 48.9 Å². The topological polar surface area (TPSA) is 146 Å². The van der Waals surface area contributed by atoms with Crippen LogP contribution in [0.4, 0.5) is 5.69 Å². The van der Waals surface area contributed by atoms with Gasteiger partial charge in [0.15, 0.2) is 11.6 Å². The summed E-state index contributed by atoms with van der Waals surface area (Å²) in [6.07, 6.45) is 5.39. The maximum atomic E-state index is 13.6. The highest BCUT2D eigenvalue weighted by Crippen LogP contribution is 2.42. The van der Waals surface area contributed by atoms with Crippen LogP contribution in [0.2, 0.25) is 0 Å². The summed E-state index contributed by atoms with van der Waals surface area (Å²) in [5.41, 5.74) is 3.93. The summed E-state index contributed by atoms with van der Waals surface area (Å²) in [6, 6.07) is 1.88. The molecule has 0 aromatic carbocycles. The molecule has 13 nitrogen and oxygen atoms in total. The van der Waals surface area contributed by atoms with E-state index in [1.807, 2.05) is 19.9 Å². The molecule has 4 aromatic heterocycles. The highest BCUT2D eigenvalue weighted by atomic mass is 16.5. The van der Waals surface area contributed by atoms with Crippen LogP contribution >= 0.6 is 0 Å². The molecular weight excluding hydrogens is 488 g/mol. The molecule has 0 bridgehead atoms. The number of nitrogens with one attached hydrogen (secondary N) is 1. The Labute approximate surface area is 217 Å². The monoisotopic (exact) mass is 514 g/mol. The molecule has 194 valence electrons. The number of fused-ring (bicyclic) bond motifs is 2. The lowest BCUT2D eigenvalue weighted by atomic mass is 9.95. The molecule has 6 heterocycles. The number of pyridine rings is 1. The quantitative estimate of drug-likeness (QED) is 0.386. The highest BCUT2D eigenvalue weighted by Gasteiger charge is 2.40. The molecular formula is C25H26N10O3. The first-order chi connectivity index (χ1) is 18.3. The molecule has 4 aromatic rings. The molecule has 0 spiro atoms. The predicted octanol–water partition coefficient (Wildman–Crippen LogP) is 1.23. The lowest BCUT2D eigenvalue weighted by Gasteiger charge is -2.27. The second-order valence-corrected chi connectivity index (χ2v) is 9.39. The number of carbonyl (C=O) groups is 2. The average Bonchev–Trinajstić information content (AvgIpc) is 3.64. The number of methoxy groups -OCH3 is 1. The van der Waals surface area contributed by atoms with Crippen LogP contribution in [-0.2, 0) is 22.6 Å². The van der Waals surface area contributed by atoms with E-state index in [1.54, 1.807) is 39.9 Å². The Morgan fingerprint density at radius 3 is 2.68 bits per heavy atom. The van der Waals surface area contributed by atoms with Crippen molar-refractivity contribution in [2.45, 2.75) is 39.7 Å². The van der Waals surface area contributed by atoms with Gasteiger partial charge in [0.25, 0.3) is 5.91 Å². The van der Waals surface area contributed by atoms with Gasteiger partial charge in [-0.05, 0) is 20.8 Å². The lowest BCUT2D eigenvalue weighted by Crippen LogP contribution is -2.42. The molecule has 0 radical (unpaired) electrons. The number of aryl methyl sites for hydroxylation is 3. The first-order valence-electron chi connectivity index (χ1n) is 12.2. The summed E-state index contributed by atoms with van der Waals surface area (Å²) in [4.78, 5) is 46.0. The summed E-state index contributed by atoms with van der Waals surface area (Å²) >= 11 is 0. The van der Waals surface area contributed by atoms with Gasteiger partial charge in [0.05, 0.1) is 36.8 Å². The third kappa shape index (κ3) is 3.86. The molecule has 13 heteroatoms. The second kappa shape index (κ2) is 9.01. The lowest BCUT2D eigenvalue weighted by molar-refractivity contribution is -0.145. The summed E-state index contributed by atoms with van der Waals surface area (Å²) in [5.74, 6) is 1.14. The van der Waals surface area contributed by atoms with Gasteiger partial charge in [0.2, 0.25) is 5.78 Å². The van der Waals surface area contributed by atoms with Gasteiger partial charge in [-0.3, -0.25) is 9.59 Å². The van der Waals surface area contributed by atoms with Crippen LogP contribution in [0.15, 0.2) is 24.8 Å². The molecule has 1 atom stereocenters. The van der Waals surface area contributed by atoms with Crippen molar-refractivity contribution in [3.8, 4) is 17.4 Å². The molecule has 2 aliphatic rings. The molecule has 1 N–H and O–H groups in total. The van der Waals surface area contributed by atoms with Crippen LogP contribution in [0.1, 0.15) is 40.1 Å². The van der Waals surface area contributed by atoms with E-state index in [1.165, 1.54) is 7.11 Å². The Hall–Kier alpha value is -4.68. The maximum absolute atomic E-state index is 13.6.